The maximum absolute atomic E-state index is 13.7. The second-order valence-corrected chi connectivity index (χ2v) is 31.2. The Morgan fingerprint density at radius 1 is 0.376 bits per heavy atom. The third-order valence-corrected chi connectivity index (χ3v) is 22.3. The number of hydrogen-bond acceptors (Lipinski definition) is 27. The minimum absolute atomic E-state index is 0. The molecule has 0 radical (unpaired) electrons. The fraction of sp³-hybridized carbons (Fsp3) is 0.216. The fourth-order valence-electron chi connectivity index (χ4n) is 15.8. The third kappa shape index (κ3) is 22.1. The zero-order valence-corrected chi connectivity index (χ0v) is 79.1. The molecule has 0 spiro atoms. The number of rotatable bonds is 25. The van der Waals surface area contributed by atoms with Crippen molar-refractivity contribution in [1.29, 1.82) is 0 Å². The van der Waals surface area contributed by atoms with E-state index in [9.17, 15) is 90.4 Å². The number of benzene rings is 6. The van der Waals surface area contributed by atoms with Crippen LogP contribution in [0.1, 0.15) is 118 Å². The van der Waals surface area contributed by atoms with Gasteiger partial charge in [-0.3, -0.25) is 76.6 Å². The number of nitrogens with one attached hydrogen (secondary N) is 1. The van der Waals surface area contributed by atoms with E-state index in [1.165, 1.54) is 89.5 Å². The van der Waals surface area contributed by atoms with E-state index in [0.29, 0.717) is 22.3 Å². The number of primary amides is 3. The first-order chi connectivity index (χ1) is 65.9. The Morgan fingerprint density at radius 2 is 0.631 bits per heavy atom. The summed E-state index contributed by atoms with van der Waals surface area (Å²) in [4.78, 5) is 169. The molecule has 0 saturated heterocycles. The number of pyridine rings is 8. The molecule has 0 bridgehead atoms. The lowest BCUT2D eigenvalue weighted by Gasteiger charge is -2.28. The quantitative estimate of drug-likeness (QED) is 0.0159. The molecule has 18 rings (SSSR count). The Morgan fingerprint density at radius 3 is 0.915 bits per heavy atom. The Hall–Kier alpha value is -16.0. The molecule has 4 amide bonds. The molecule has 8 aromatic heterocycles. The molecule has 4 aliphatic rings. The maximum atomic E-state index is 13.7. The van der Waals surface area contributed by atoms with Gasteiger partial charge in [0, 0.05) is 79.8 Å². The first-order valence-electron chi connectivity index (χ1n) is 42.4. The predicted octanol–water partition coefficient (Wildman–Crippen LogP) is 9.00. The number of aromatic nitrogens is 8. The lowest BCUT2D eigenvalue weighted by Crippen LogP contribution is -2.44. The van der Waals surface area contributed by atoms with Crippen molar-refractivity contribution in [3.63, 3.8) is 0 Å². The van der Waals surface area contributed by atoms with Gasteiger partial charge in [-0.1, -0.05) is 109 Å². The number of aromatic hydroxyl groups is 2. The van der Waals surface area contributed by atoms with Gasteiger partial charge in [-0.05, 0) is 103 Å². The van der Waals surface area contributed by atoms with Crippen LogP contribution in [-0.2, 0) is 98.5 Å². The first-order valence-corrected chi connectivity index (χ1v) is 42.4. The summed E-state index contributed by atoms with van der Waals surface area (Å²) in [6.07, 6.45) is 1.94. The minimum Gasteiger partial charge on any atom is -0.505 e. The number of esters is 3. The SMILES string of the molecule is CCOC(=O)c1c(O)c2ncc(Cc3ccc(F)cc3)c3c2n(c1=O)C[C@@H](C(N)=O)O3.CCOC(=O)c1c(OCc2ccccc2)c2ncc(Cc3ccc(F)cc3)c3c2n(c1=O)C[C@@H](C(=O)O)O3.CCOC(=O)c1c(OCc2ccccc2)c2ncc(Cc3ccc(F)cc3)c3c2n(c1=O)C[C@@H](C(N)=O)O3.CNC(=O)c1c(O)c2ncc(Cc3ccc(F)cc3)c3c2n(c1=O)C[C@@H](C(N)=O)O3.S.S.S.S. The number of hydrogen-bond donors (Lipinski definition) is 7. The topological polar surface area (TPSA) is 510 Å². The third-order valence-electron chi connectivity index (χ3n) is 22.3. The van der Waals surface area contributed by atoms with Gasteiger partial charge in [0.2, 0.25) is 6.10 Å². The molecule has 10 N–H and O–H groups in total. The Labute approximate surface area is 823 Å². The highest BCUT2D eigenvalue weighted by molar-refractivity contribution is 7.59. The lowest BCUT2D eigenvalue weighted by molar-refractivity contribution is -0.146. The fourth-order valence-corrected chi connectivity index (χ4v) is 15.8. The minimum atomic E-state index is -1.39. The van der Waals surface area contributed by atoms with Gasteiger partial charge in [0.05, 0.1) is 46.0 Å². The summed E-state index contributed by atoms with van der Waals surface area (Å²) in [6.45, 7) is 3.90. The lowest BCUT2D eigenvalue weighted by atomic mass is 10.0. The average molecular weight is 2010 g/mol. The summed E-state index contributed by atoms with van der Waals surface area (Å²) in [5, 5.41) is 33.2. The highest BCUT2D eigenvalue weighted by Gasteiger charge is 2.41. The van der Waals surface area contributed by atoms with Crippen molar-refractivity contribution in [3.8, 4) is 46.0 Å². The van der Waals surface area contributed by atoms with Crippen molar-refractivity contribution in [3.05, 3.63) is 325 Å². The zero-order chi connectivity index (χ0) is 97.5. The van der Waals surface area contributed by atoms with E-state index in [2.05, 4.69) is 25.3 Å². The largest absolute Gasteiger partial charge is 0.505 e. The maximum Gasteiger partial charge on any atom is 0.347 e. The van der Waals surface area contributed by atoms with Crippen LogP contribution < -0.4 is 73.2 Å². The molecule has 0 saturated carbocycles. The zero-order valence-electron chi connectivity index (χ0n) is 75.1. The predicted molar refractivity (Wildman–Crippen MR) is 521 cm³/mol. The van der Waals surface area contributed by atoms with Gasteiger partial charge in [-0.15, -0.1) is 0 Å². The summed E-state index contributed by atoms with van der Waals surface area (Å²) >= 11 is 0. The van der Waals surface area contributed by atoms with Crippen LogP contribution in [-0.4, -0.2) is 152 Å². The number of ether oxygens (including phenoxy) is 9. The molecule has 36 nitrogen and oxygen atoms in total. The van der Waals surface area contributed by atoms with E-state index in [1.54, 1.807) is 69.3 Å². The Bertz CT molecular complexity index is 7220. The van der Waals surface area contributed by atoms with Crippen LogP contribution in [0.4, 0.5) is 17.6 Å². The number of carbonyl (C=O) groups is 8. The molecule has 44 heteroatoms. The number of carboxylic acids is 1. The van der Waals surface area contributed by atoms with Crippen molar-refractivity contribution in [2.24, 2.45) is 17.2 Å². The van der Waals surface area contributed by atoms with Crippen molar-refractivity contribution in [1.82, 2.24) is 43.5 Å². The summed E-state index contributed by atoms with van der Waals surface area (Å²) in [7, 11) is 1.32. The van der Waals surface area contributed by atoms with Crippen LogP contribution in [0.5, 0.6) is 46.0 Å². The highest BCUT2D eigenvalue weighted by Crippen LogP contribution is 2.44. The van der Waals surface area contributed by atoms with Gasteiger partial charge in [0.25, 0.3) is 45.9 Å². The molecule has 14 aromatic rings. The molecular weight excluding hydrogens is 1920 g/mol. The average Bonchev–Trinajstić information content (AvgIpc) is 0.738. The second kappa shape index (κ2) is 45.6. The molecule has 0 fully saturated rings. The Balaban J connectivity index is 0.000000179. The van der Waals surface area contributed by atoms with E-state index in [4.69, 9.17) is 59.8 Å². The van der Waals surface area contributed by atoms with E-state index < -0.39 is 128 Å². The monoisotopic (exact) mass is 2010 g/mol. The van der Waals surface area contributed by atoms with E-state index >= 15 is 0 Å². The molecule has 4 aliphatic heterocycles. The normalized spacial score (nSPS) is 14.0. The van der Waals surface area contributed by atoms with Crippen LogP contribution in [0.15, 0.2) is 202 Å². The van der Waals surface area contributed by atoms with Gasteiger partial charge < -0.3 is 80.5 Å². The highest BCUT2D eigenvalue weighted by atomic mass is 32.1. The van der Waals surface area contributed by atoms with Crippen LogP contribution in [0.2, 0.25) is 0 Å². The molecule has 6 aromatic carbocycles. The first kappa shape index (κ1) is 105. The molecule has 12 heterocycles. The Kier molecular flexibility index (Phi) is 34.1. The van der Waals surface area contributed by atoms with Crippen molar-refractivity contribution >= 4 is 146 Å². The van der Waals surface area contributed by atoms with Crippen LogP contribution >= 0.6 is 54.0 Å². The summed E-state index contributed by atoms with van der Waals surface area (Å²) in [5.74, 6) is -9.46. The van der Waals surface area contributed by atoms with Gasteiger partial charge >= 0.3 is 23.9 Å². The van der Waals surface area contributed by atoms with Crippen LogP contribution in [0.25, 0.3) is 44.1 Å². The number of halogens is 4. The number of amides is 4. The molecule has 734 valence electrons. The second-order valence-electron chi connectivity index (χ2n) is 31.2. The van der Waals surface area contributed by atoms with Crippen LogP contribution in [0, 0.1) is 23.3 Å². The van der Waals surface area contributed by atoms with E-state index in [-0.39, 0.29) is 240 Å². The van der Waals surface area contributed by atoms with Crippen molar-refractivity contribution < 1.29 is 114 Å². The molecule has 141 heavy (non-hydrogen) atoms. The van der Waals surface area contributed by atoms with Gasteiger partial charge in [0.1, 0.15) is 86.2 Å². The summed E-state index contributed by atoms with van der Waals surface area (Å²) in [5.41, 5.74) is 19.1. The molecular formula is C97H90F4N12O24S4. The van der Waals surface area contributed by atoms with Gasteiger partial charge in [-0.2, -0.15) is 54.0 Å². The molecule has 4 atom stereocenters. The standard InChI is InChI=1S/C28H24FN3O6.C28H23FN2O7.C21H18FN3O6.C20H17FN4O5.4H2S/c1-2-36-28(35)21-25(37-15-17-6-4-3-5-7-17)22-23-24(38-20(26(30)33)14-32(23)27(21)34)18(13-31-22)12-16-8-10-19(29)11-9-16;1-2-36-28(35)21-25(37-15-17-6-4-3-5-7-17)22-23-24(38-20(27(33)34)14-31(23)26(21)32)18(13-30-22)12-16-8-10-19(29)11-9-16;1-2-30-21(29)14-17(26)15-16-18(31-13(19(23)27)9-25(16)20(14)28)11(8-24-15)7-10-3-5-12(22)6-4-10;1-23-19(28)13-16(26)14-15-17(30-12(18(22)27)8-25(15)20(13)29)10(7-24-14)6-9-2-4-11(21)5-3-9;;;;/h3-11,13,20H,2,12,14-15H2,1H3,(H2,30,33);3-11,13,20H,2,12,14-15H2,1H3,(H,33,34);3-6,8,13,26H,2,7,9H2,1H3,(H2,23,27);2-5,7,12,26H,6,8H2,1H3,(H2,22,27)(H,23,28);4*1H2/t2*20-;13-;12-;;;;/m0000..../s1. The van der Waals surface area contributed by atoms with Gasteiger partial charge in [-0.25, -0.2) is 36.7 Å². The number of nitrogens with two attached hydrogens (primary N) is 3. The van der Waals surface area contributed by atoms with E-state index in [1.807, 2.05) is 60.7 Å². The van der Waals surface area contributed by atoms with Crippen molar-refractivity contribution in [2.75, 3.05) is 26.9 Å². The number of nitrogens with zero attached hydrogens (tertiary/aromatic N) is 8. The van der Waals surface area contributed by atoms with E-state index in [0.717, 1.165) is 42.5 Å². The summed E-state index contributed by atoms with van der Waals surface area (Å²) in [6, 6.07) is 41.7. The number of carboxylic acid groups (broad SMARTS) is 1. The van der Waals surface area contributed by atoms with Crippen molar-refractivity contribution in [2.45, 2.75) is 110 Å². The summed E-state index contributed by atoms with van der Waals surface area (Å²) < 4.78 is 109. The number of aliphatic carboxylic acids is 1. The molecule has 0 unspecified atom stereocenters. The smallest absolute Gasteiger partial charge is 0.347 e. The van der Waals surface area contributed by atoms with Gasteiger partial charge in [0.15, 0.2) is 81.0 Å². The molecule has 0 aliphatic carbocycles. The number of carbonyl (C=O) groups excluding carboxylic acids is 7. The van der Waals surface area contributed by atoms with Crippen LogP contribution in [0.3, 0.4) is 0 Å².